The lowest BCUT2D eigenvalue weighted by molar-refractivity contribution is 0.959. The average molecular weight is 188 g/mol. The SMILES string of the molecule is NCCC=Cc1ccc2n[nH]nc2c1. The van der Waals surface area contributed by atoms with Crippen LogP contribution in [-0.4, -0.2) is 22.0 Å². The van der Waals surface area contributed by atoms with Crippen molar-refractivity contribution < 1.29 is 0 Å². The summed E-state index contributed by atoms with van der Waals surface area (Å²) in [6.07, 6.45) is 5.00. The van der Waals surface area contributed by atoms with Gasteiger partial charge in [0.1, 0.15) is 11.0 Å². The van der Waals surface area contributed by atoms with Crippen LogP contribution >= 0.6 is 0 Å². The Hall–Kier alpha value is -1.68. The van der Waals surface area contributed by atoms with Crippen molar-refractivity contribution >= 4 is 17.1 Å². The Kier molecular flexibility index (Phi) is 2.55. The largest absolute Gasteiger partial charge is 0.330 e. The van der Waals surface area contributed by atoms with E-state index < -0.39 is 0 Å². The van der Waals surface area contributed by atoms with Crippen molar-refractivity contribution in [3.8, 4) is 0 Å². The van der Waals surface area contributed by atoms with Crippen molar-refractivity contribution in [3.05, 3.63) is 29.8 Å². The summed E-state index contributed by atoms with van der Waals surface area (Å²) in [6.45, 7) is 0.683. The Morgan fingerprint density at radius 3 is 3.00 bits per heavy atom. The summed E-state index contributed by atoms with van der Waals surface area (Å²) in [4.78, 5) is 0. The van der Waals surface area contributed by atoms with Gasteiger partial charge in [-0.15, -0.1) is 0 Å². The number of aromatic amines is 1. The van der Waals surface area contributed by atoms with Crippen LogP contribution in [0.1, 0.15) is 12.0 Å². The normalized spacial score (nSPS) is 11.5. The Labute approximate surface area is 81.8 Å². The van der Waals surface area contributed by atoms with Crippen molar-refractivity contribution in [2.75, 3.05) is 6.54 Å². The number of benzene rings is 1. The molecule has 0 aliphatic carbocycles. The number of hydrogen-bond donors (Lipinski definition) is 2. The Morgan fingerprint density at radius 2 is 2.14 bits per heavy atom. The van der Waals surface area contributed by atoms with Crippen LogP contribution in [0.2, 0.25) is 0 Å². The molecule has 14 heavy (non-hydrogen) atoms. The zero-order valence-electron chi connectivity index (χ0n) is 7.77. The van der Waals surface area contributed by atoms with E-state index in [0.29, 0.717) is 6.54 Å². The van der Waals surface area contributed by atoms with Crippen LogP contribution in [0.4, 0.5) is 0 Å². The van der Waals surface area contributed by atoms with Gasteiger partial charge in [-0.05, 0) is 30.7 Å². The quantitative estimate of drug-likeness (QED) is 0.763. The van der Waals surface area contributed by atoms with Crippen molar-refractivity contribution in [3.63, 3.8) is 0 Å². The topological polar surface area (TPSA) is 67.6 Å². The standard InChI is InChI=1S/C10H12N4/c11-6-2-1-3-8-4-5-9-10(7-8)13-14-12-9/h1,3-5,7H,2,6,11H2,(H,12,13,14). The van der Waals surface area contributed by atoms with Crippen LogP contribution in [0.25, 0.3) is 17.1 Å². The van der Waals surface area contributed by atoms with Gasteiger partial charge >= 0.3 is 0 Å². The van der Waals surface area contributed by atoms with Crippen molar-refractivity contribution in [2.24, 2.45) is 5.73 Å². The predicted molar refractivity (Wildman–Crippen MR) is 56.6 cm³/mol. The van der Waals surface area contributed by atoms with Gasteiger partial charge in [0.25, 0.3) is 0 Å². The summed E-state index contributed by atoms with van der Waals surface area (Å²) in [5, 5.41) is 10.6. The highest BCUT2D eigenvalue weighted by molar-refractivity contribution is 5.76. The molecular weight excluding hydrogens is 176 g/mol. The van der Waals surface area contributed by atoms with Crippen LogP contribution in [0.15, 0.2) is 24.3 Å². The molecule has 0 radical (unpaired) electrons. The van der Waals surface area contributed by atoms with E-state index in [1.54, 1.807) is 0 Å². The molecule has 1 heterocycles. The lowest BCUT2D eigenvalue weighted by Gasteiger charge is -1.91. The highest BCUT2D eigenvalue weighted by atomic mass is 15.3. The molecule has 1 aromatic carbocycles. The van der Waals surface area contributed by atoms with Gasteiger partial charge in [0.2, 0.25) is 0 Å². The first-order valence-corrected chi connectivity index (χ1v) is 4.57. The molecule has 0 saturated heterocycles. The van der Waals surface area contributed by atoms with E-state index in [0.717, 1.165) is 23.0 Å². The minimum absolute atomic E-state index is 0.683. The number of nitrogens with two attached hydrogens (primary N) is 1. The Bertz CT molecular complexity index is 444. The molecule has 4 nitrogen and oxygen atoms in total. The summed E-state index contributed by atoms with van der Waals surface area (Å²) >= 11 is 0. The minimum atomic E-state index is 0.683. The molecule has 3 N–H and O–H groups in total. The zero-order valence-corrected chi connectivity index (χ0v) is 7.77. The van der Waals surface area contributed by atoms with Crippen molar-refractivity contribution in [1.82, 2.24) is 15.4 Å². The molecular formula is C10H12N4. The van der Waals surface area contributed by atoms with E-state index in [1.165, 1.54) is 0 Å². The van der Waals surface area contributed by atoms with Gasteiger partial charge < -0.3 is 5.73 Å². The number of rotatable bonds is 3. The number of aromatic nitrogens is 3. The van der Waals surface area contributed by atoms with E-state index in [2.05, 4.69) is 21.5 Å². The number of fused-ring (bicyclic) bond motifs is 1. The summed E-state index contributed by atoms with van der Waals surface area (Å²) in [5.74, 6) is 0. The highest BCUT2D eigenvalue weighted by Crippen LogP contribution is 2.11. The first kappa shape index (κ1) is 8.90. The number of nitrogens with zero attached hydrogens (tertiary/aromatic N) is 2. The molecule has 0 amide bonds. The van der Waals surface area contributed by atoms with Gasteiger partial charge in [0.15, 0.2) is 0 Å². The van der Waals surface area contributed by atoms with Gasteiger partial charge in [0.05, 0.1) is 0 Å². The summed E-state index contributed by atoms with van der Waals surface area (Å²) in [6, 6.07) is 5.95. The van der Waals surface area contributed by atoms with Gasteiger partial charge in [-0.2, -0.15) is 15.4 Å². The molecule has 0 aliphatic rings. The second-order valence-corrected chi connectivity index (χ2v) is 3.05. The lowest BCUT2D eigenvalue weighted by Crippen LogP contribution is -1.94. The third-order valence-corrected chi connectivity index (χ3v) is 1.98. The third kappa shape index (κ3) is 1.80. The molecule has 2 aromatic rings. The second kappa shape index (κ2) is 4.02. The molecule has 0 atom stereocenters. The van der Waals surface area contributed by atoms with E-state index in [1.807, 2.05) is 24.3 Å². The molecule has 0 unspecified atom stereocenters. The predicted octanol–water partition coefficient (Wildman–Crippen LogP) is 1.32. The lowest BCUT2D eigenvalue weighted by atomic mass is 10.2. The van der Waals surface area contributed by atoms with Crippen LogP contribution < -0.4 is 5.73 Å². The molecule has 0 bridgehead atoms. The summed E-state index contributed by atoms with van der Waals surface area (Å²) < 4.78 is 0. The Morgan fingerprint density at radius 1 is 1.29 bits per heavy atom. The highest BCUT2D eigenvalue weighted by Gasteiger charge is 1.96. The van der Waals surface area contributed by atoms with Crippen LogP contribution in [-0.2, 0) is 0 Å². The fourth-order valence-electron chi connectivity index (χ4n) is 1.28. The van der Waals surface area contributed by atoms with E-state index in [4.69, 9.17) is 5.73 Å². The Balaban J connectivity index is 2.25. The van der Waals surface area contributed by atoms with Gasteiger partial charge in [-0.3, -0.25) is 0 Å². The van der Waals surface area contributed by atoms with Crippen molar-refractivity contribution in [2.45, 2.75) is 6.42 Å². The molecule has 0 aliphatic heterocycles. The fourth-order valence-corrected chi connectivity index (χ4v) is 1.28. The van der Waals surface area contributed by atoms with Gasteiger partial charge in [-0.25, -0.2) is 0 Å². The molecule has 1 aromatic heterocycles. The average Bonchev–Trinajstić information content (AvgIpc) is 2.65. The summed E-state index contributed by atoms with van der Waals surface area (Å²) in [5.41, 5.74) is 8.29. The number of hydrogen-bond acceptors (Lipinski definition) is 3. The molecule has 2 rings (SSSR count). The van der Waals surface area contributed by atoms with E-state index in [-0.39, 0.29) is 0 Å². The van der Waals surface area contributed by atoms with Crippen molar-refractivity contribution in [1.29, 1.82) is 0 Å². The maximum atomic E-state index is 5.39. The first-order chi connectivity index (χ1) is 6.90. The number of nitrogens with one attached hydrogen (secondary N) is 1. The fraction of sp³-hybridized carbons (Fsp3) is 0.200. The van der Waals surface area contributed by atoms with E-state index in [9.17, 15) is 0 Å². The monoisotopic (exact) mass is 188 g/mol. The third-order valence-electron chi connectivity index (χ3n) is 1.98. The van der Waals surface area contributed by atoms with E-state index >= 15 is 0 Å². The molecule has 72 valence electrons. The summed E-state index contributed by atoms with van der Waals surface area (Å²) in [7, 11) is 0. The second-order valence-electron chi connectivity index (χ2n) is 3.05. The van der Waals surface area contributed by atoms with Gasteiger partial charge in [0, 0.05) is 0 Å². The van der Waals surface area contributed by atoms with Crippen LogP contribution in [0.3, 0.4) is 0 Å². The number of H-pyrrole nitrogens is 1. The molecule has 4 heteroatoms. The maximum Gasteiger partial charge on any atom is 0.113 e. The van der Waals surface area contributed by atoms with Gasteiger partial charge in [-0.1, -0.05) is 18.2 Å². The van der Waals surface area contributed by atoms with Crippen LogP contribution in [0.5, 0.6) is 0 Å². The smallest absolute Gasteiger partial charge is 0.113 e. The maximum absolute atomic E-state index is 5.39. The first-order valence-electron chi connectivity index (χ1n) is 4.57. The molecule has 0 spiro atoms. The van der Waals surface area contributed by atoms with Crippen LogP contribution in [0, 0.1) is 0 Å². The minimum Gasteiger partial charge on any atom is -0.330 e. The zero-order chi connectivity index (χ0) is 9.80. The molecule has 0 saturated carbocycles. The molecule has 0 fully saturated rings.